The molecule has 8 heteroatoms. The maximum absolute atomic E-state index is 13.2. The second-order valence-corrected chi connectivity index (χ2v) is 10.3. The summed E-state index contributed by atoms with van der Waals surface area (Å²) in [5, 5.41) is 9.30. The number of pyridine rings is 1. The molecule has 1 saturated heterocycles. The average Bonchev–Trinajstić information content (AvgIpc) is 3.61. The molecule has 1 aliphatic heterocycles. The number of aromatic nitrogens is 2. The van der Waals surface area contributed by atoms with Crippen LogP contribution in [0.4, 0.5) is 5.69 Å². The van der Waals surface area contributed by atoms with Gasteiger partial charge in [0.05, 0.1) is 24.4 Å². The van der Waals surface area contributed by atoms with Gasteiger partial charge in [-0.25, -0.2) is 0 Å². The number of hydrogen-bond donors (Lipinski definition) is 2. The highest BCUT2D eigenvalue weighted by Gasteiger charge is 2.41. The van der Waals surface area contributed by atoms with Crippen LogP contribution in [0.25, 0.3) is 16.5 Å². The van der Waals surface area contributed by atoms with Gasteiger partial charge in [0.25, 0.3) is 0 Å². The first kappa shape index (κ1) is 26.5. The van der Waals surface area contributed by atoms with E-state index in [0.29, 0.717) is 18.3 Å². The van der Waals surface area contributed by atoms with Crippen LogP contribution < -0.4 is 15.4 Å². The largest absolute Gasteiger partial charge is 0.494 e. The van der Waals surface area contributed by atoms with Crippen molar-refractivity contribution in [1.82, 2.24) is 19.8 Å². The van der Waals surface area contributed by atoms with Crippen LogP contribution in [-0.2, 0) is 4.79 Å². The Balaban J connectivity index is 1.28. The fourth-order valence-corrected chi connectivity index (χ4v) is 5.81. The molecule has 0 bridgehead atoms. The maximum atomic E-state index is 13.2. The number of ether oxygens (including phenoxy) is 1. The van der Waals surface area contributed by atoms with E-state index in [1.165, 1.54) is 0 Å². The third-order valence-electron chi connectivity index (χ3n) is 7.35. The van der Waals surface area contributed by atoms with Crippen molar-refractivity contribution >= 4 is 39.7 Å². The zero-order valence-electron chi connectivity index (χ0n) is 22.7. The van der Waals surface area contributed by atoms with Crippen LogP contribution in [0.2, 0.25) is 0 Å². The second-order valence-electron chi connectivity index (χ2n) is 9.87. The highest BCUT2D eigenvalue weighted by molar-refractivity contribution is 7.80. The molecule has 41 heavy (non-hydrogen) atoms. The summed E-state index contributed by atoms with van der Waals surface area (Å²) in [7, 11) is 0. The number of anilines is 1. The molecular weight excluding hydrogens is 530 g/mol. The predicted octanol–water partition coefficient (Wildman–Crippen LogP) is 6.43. The van der Waals surface area contributed by atoms with Gasteiger partial charge in [-0.2, -0.15) is 0 Å². The third-order valence-corrected chi connectivity index (χ3v) is 7.70. The summed E-state index contributed by atoms with van der Waals surface area (Å²) in [6.45, 7) is 3.04. The van der Waals surface area contributed by atoms with Crippen molar-refractivity contribution < 1.29 is 9.53 Å². The number of carbonyl (C=O) groups is 1. The van der Waals surface area contributed by atoms with Crippen LogP contribution in [0.3, 0.4) is 0 Å². The number of nitrogens with zero attached hydrogens (tertiary/aromatic N) is 3. The van der Waals surface area contributed by atoms with Gasteiger partial charge in [0.2, 0.25) is 5.91 Å². The van der Waals surface area contributed by atoms with E-state index in [0.717, 1.165) is 39.3 Å². The SMILES string of the molecule is CCOc1ccc(-n2cccc2[C@H]2[C@H](c3ccccn3)NC(=S)N2CCC(=O)Nc2cccc3ccccc23)cc1. The van der Waals surface area contributed by atoms with Crippen molar-refractivity contribution in [1.29, 1.82) is 0 Å². The van der Waals surface area contributed by atoms with Gasteiger partial charge in [-0.3, -0.25) is 9.78 Å². The monoisotopic (exact) mass is 561 g/mol. The van der Waals surface area contributed by atoms with Gasteiger partial charge in [0.1, 0.15) is 5.75 Å². The molecule has 206 valence electrons. The smallest absolute Gasteiger partial charge is 0.226 e. The summed E-state index contributed by atoms with van der Waals surface area (Å²) >= 11 is 5.85. The molecule has 0 aliphatic carbocycles. The minimum Gasteiger partial charge on any atom is -0.494 e. The molecule has 0 unspecified atom stereocenters. The van der Waals surface area contributed by atoms with Crippen LogP contribution in [0, 0.1) is 0 Å². The van der Waals surface area contributed by atoms with E-state index in [1.54, 1.807) is 6.20 Å². The van der Waals surface area contributed by atoms with Crippen molar-refractivity contribution in [2.45, 2.75) is 25.4 Å². The van der Waals surface area contributed by atoms with E-state index in [-0.39, 0.29) is 24.4 Å². The summed E-state index contributed by atoms with van der Waals surface area (Å²) in [6.07, 6.45) is 4.12. The average molecular weight is 562 g/mol. The van der Waals surface area contributed by atoms with E-state index in [1.807, 2.05) is 104 Å². The Labute approximate surface area is 244 Å². The minimum absolute atomic E-state index is 0.0638. The number of thiocarbonyl (C=S) groups is 1. The molecule has 3 heterocycles. The lowest BCUT2D eigenvalue weighted by Crippen LogP contribution is -2.33. The standard InChI is InChI=1S/C33H31N5O2S/c1-2-40-25-17-15-24(16-18-25)37-21-8-14-29(37)32-31(28-12-5-6-20-34-28)36-33(41)38(32)22-19-30(39)35-27-13-7-10-23-9-3-4-11-26(23)27/h3-18,20-21,31-32H,2,19,22H2,1H3,(H,35,39)(H,36,41)/t31-,32-/m0/s1. The zero-order valence-corrected chi connectivity index (χ0v) is 23.6. The Bertz CT molecular complexity index is 1660. The van der Waals surface area contributed by atoms with Gasteiger partial charge < -0.3 is 24.8 Å². The third kappa shape index (κ3) is 5.51. The minimum atomic E-state index is -0.179. The maximum Gasteiger partial charge on any atom is 0.226 e. The lowest BCUT2D eigenvalue weighted by atomic mass is 10.0. The summed E-state index contributed by atoms with van der Waals surface area (Å²) < 4.78 is 7.81. The second kappa shape index (κ2) is 11.8. The Hall–Kier alpha value is -4.69. The summed E-state index contributed by atoms with van der Waals surface area (Å²) in [5.74, 6) is 0.768. The Morgan fingerprint density at radius 1 is 0.976 bits per heavy atom. The first-order valence-electron chi connectivity index (χ1n) is 13.8. The summed E-state index contributed by atoms with van der Waals surface area (Å²) in [6, 6.07) is 31.7. The van der Waals surface area contributed by atoms with E-state index >= 15 is 0 Å². The Kier molecular flexibility index (Phi) is 7.65. The molecular formula is C33H31N5O2S. The molecule has 5 aromatic rings. The fourth-order valence-electron chi connectivity index (χ4n) is 5.48. The molecule has 1 amide bonds. The molecule has 2 aromatic heterocycles. The first-order valence-corrected chi connectivity index (χ1v) is 14.2. The Morgan fingerprint density at radius 3 is 2.59 bits per heavy atom. The topological polar surface area (TPSA) is 71.4 Å². The van der Waals surface area contributed by atoms with Gasteiger partial charge in [0, 0.05) is 47.8 Å². The van der Waals surface area contributed by atoms with Gasteiger partial charge in [0.15, 0.2) is 5.11 Å². The van der Waals surface area contributed by atoms with Gasteiger partial charge in [-0.05, 0) is 79.1 Å². The summed E-state index contributed by atoms with van der Waals surface area (Å²) in [4.78, 5) is 20.0. The zero-order chi connectivity index (χ0) is 28.2. The summed E-state index contributed by atoms with van der Waals surface area (Å²) in [5.41, 5.74) is 3.76. The lowest BCUT2D eigenvalue weighted by Gasteiger charge is -2.29. The molecule has 0 radical (unpaired) electrons. The van der Waals surface area contributed by atoms with Crippen molar-refractivity contribution in [2.75, 3.05) is 18.5 Å². The van der Waals surface area contributed by atoms with Crippen molar-refractivity contribution in [3.63, 3.8) is 0 Å². The molecule has 6 rings (SSSR count). The van der Waals surface area contributed by atoms with E-state index in [9.17, 15) is 4.79 Å². The van der Waals surface area contributed by atoms with Crippen molar-refractivity contribution in [3.05, 3.63) is 121 Å². The van der Waals surface area contributed by atoms with Crippen molar-refractivity contribution in [3.8, 4) is 11.4 Å². The van der Waals surface area contributed by atoms with Crippen LogP contribution in [0.5, 0.6) is 5.75 Å². The number of fused-ring (bicyclic) bond motifs is 1. The number of carbonyl (C=O) groups excluding carboxylic acids is 1. The fraction of sp³-hybridized carbons (Fsp3) is 0.182. The van der Waals surface area contributed by atoms with Gasteiger partial charge >= 0.3 is 0 Å². The predicted molar refractivity (Wildman–Crippen MR) is 166 cm³/mol. The molecule has 2 N–H and O–H groups in total. The van der Waals surface area contributed by atoms with Crippen molar-refractivity contribution in [2.24, 2.45) is 0 Å². The molecule has 1 aliphatic rings. The van der Waals surface area contributed by atoms with E-state index in [2.05, 4.69) is 31.2 Å². The molecule has 7 nitrogen and oxygen atoms in total. The van der Waals surface area contributed by atoms with Crippen LogP contribution >= 0.6 is 12.2 Å². The highest BCUT2D eigenvalue weighted by atomic mass is 32.1. The number of amides is 1. The number of nitrogens with one attached hydrogen (secondary N) is 2. The quantitative estimate of drug-likeness (QED) is 0.202. The number of benzene rings is 3. The van der Waals surface area contributed by atoms with Crippen LogP contribution in [0.1, 0.15) is 36.8 Å². The number of rotatable bonds is 9. The molecule has 0 saturated carbocycles. The van der Waals surface area contributed by atoms with Gasteiger partial charge in [-0.15, -0.1) is 0 Å². The lowest BCUT2D eigenvalue weighted by molar-refractivity contribution is -0.116. The van der Waals surface area contributed by atoms with E-state index in [4.69, 9.17) is 17.0 Å². The molecule has 0 spiro atoms. The number of hydrogen-bond acceptors (Lipinski definition) is 4. The molecule has 2 atom stereocenters. The van der Waals surface area contributed by atoms with Crippen LogP contribution in [0.15, 0.2) is 109 Å². The van der Waals surface area contributed by atoms with E-state index < -0.39 is 0 Å². The molecule has 3 aromatic carbocycles. The Morgan fingerprint density at radius 2 is 1.78 bits per heavy atom. The normalized spacial score (nSPS) is 16.5. The van der Waals surface area contributed by atoms with Crippen LogP contribution in [-0.4, -0.2) is 38.6 Å². The highest BCUT2D eigenvalue weighted by Crippen LogP contribution is 2.39. The van der Waals surface area contributed by atoms with Gasteiger partial charge in [-0.1, -0.05) is 42.5 Å². The molecule has 1 fully saturated rings. The first-order chi connectivity index (χ1) is 20.1.